The molecule has 138 valence electrons. The molecule has 0 radical (unpaired) electrons. The van der Waals surface area contributed by atoms with E-state index < -0.39 is 0 Å². The minimum atomic E-state index is 0.0472. The van der Waals surface area contributed by atoms with E-state index in [0.29, 0.717) is 35.5 Å². The van der Waals surface area contributed by atoms with E-state index in [4.69, 9.17) is 28.2 Å². The number of rotatable bonds is 3. The van der Waals surface area contributed by atoms with Crippen LogP contribution in [-0.2, 0) is 19.5 Å². The molecule has 1 N–H and O–H groups in total. The van der Waals surface area contributed by atoms with Crippen molar-refractivity contribution < 1.29 is 0 Å². The molecule has 0 unspecified atom stereocenters. The number of halogens is 2. The maximum absolute atomic E-state index is 12.5. The maximum atomic E-state index is 12.5. The monoisotopic (exact) mass is 391 g/mol. The van der Waals surface area contributed by atoms with Gasteiger partial charge in [-0.25, -0.2) is 4.98 Å². The zero-order valence-corrected chi connectivity index (χ0v) is 16.2. The third kappa shape index (κ3) is 3.68. The Morgan fingerprint density at radius 2 is 1.88 bits per heavy atom. The van der Waals surface area contributed by atoms with Gasteiger partial charge in [-0.1, -0.05) is 48.5 Å². The molecule has 1 aliphatic heterocycles. The van der Waals surface area contributed by atoms with Gasteiger partial charge in [-0.05, 0) is 31.4 Å². The summed E-state index contributed by atoms with van der Waals surface area (Å²) in [6, 6.07) is 5.59. The number of benzene rings is 1. The zero-order valence-electron chi connectivity index (χ0n) is 14.7. The molecular formula is C20H23Cl2N3O. The van der Waals surface area contributed by atoms with Crippen LogP contribution in [0, 0.1) is 0 Å². The van der Waals surface area contributed by atoms with Gasteiger partial charge < -0.3 is 4.98 Å². The molecule has 1 aliphatic carbocycles. The van der Waals surface area contributed by atoms with Gasteiger partial charge in [0.25, 0.3) is 5.56 Å². The second kappa shape index (κ2) is 7.71. The largest absolute Gasteiger partial charge is 0.310 e. The van der Waals surface area contributed by atoms with E-state index in [0.717, 1.165) is 42.0 Å². The predicted octanol–water partition coefficient (Wildman–Crippen LogP) is 4.68. The summed E-state index contributed by atoms with van der Waals surface area (Å²) in [5.74, 6) is 1.28. The highest BCUT2D eigenvalue weighted by Crippen LogP contribution is 2.31. The lowest BCUT2D eigenvalue weighted by Gasteiger charge is -2.29. The van der Waals surface area contributed by atoms with Crippen molar-refractivity contribution in [2.75, 3.05) is 6.54 Å². The molecule has 0 spiro atoms. The third-order valence-electron chi connectivity index (χ3n) is 5.61. The number of hydrogen-bond donors (Lipinski definition) is 1. The predicted molar refractivity (Wildman–Crippen MR) is 105 cm³/mol. The number of fused-ring (bicyclic) bond motifs is 1. The first-order chi connectivity index (χ1) is 12.6. The minimum absolute atomic E-state index is 0.0472. The summed E-state index contributed by atoms with van der Waals surface area (Å²) in [5, 5.41) is 1.37. The molecule has 0 saturated heterocycles. The molecule has 1 saturated carbocycles. The number of hydrogen-bond acceptors (Lipinski definition) is 3. The lowest BCUT2D eigenvalue weighted by molar-refractivity contribution is 0.239. The number of aromatic amines is 1. The first kappa shape index (κ1) is 18.0. The van der Waals surface area contributed by atoms with E-state index in [2.05, 4.69) is 9.88 Å². The van der Waals surface area contributed by atoms with Gasteiger partial charge in [0.15, 0.2) is 0 Å². The van der Waals surface area contributed by atoms with E-state index in [1.807, 2.05) is 18.2 Å². The van der Waals surface area contributed by atoms with Crippen molar-refractivity contribution in [2.45, 2.75) is 57.5 Å². The average Bonchev–Trinajstić information content (AvgIpc) is 2.65. The molecule has 2 aromatic rings. The average molecular weight is 392 g/mol. The molecule has 4 rings (SSSR count). The fourth-order valence-corrected chi connectivity index (χ4v) is 4.64. The highest BCUT2D eigenvalue weighted by molar-refractivity contribution is 6.35. The highest BCUT2D eigenvalue weighted by atomic mass is 35.5. The quantitative estimate of drug-likeness (QED) is 0.825. The van der Waals surface area contributed by atoms with Crippen LogP contribution in [0.15, 0.2) is 23.0 Å². The van der Waals surface area contributed by atoms with Gasteiger partial charge >= 0.3 is 0 Å². The van der Waals surface area contributed by atoms with Crippen molar-refractivity contribution in [3.05, 3.63) is 61.2 Å². The van der Waals surface area contributed by atoms with Crippen LogP contribution in [-0.4, -0.2) is 21.4 Å². The molecule has 0 bridgehead atoms. The standard InChI is InChI=1S/C20H23Cl2N3O/c21-16-7-4-8-17(22)15(16)11-25-10-9-14-18(12-25)23-19(24-20(14)26)13-5-2-1-3-6-13/h4,7-8,13H,1-3,5-6,9-12H2,(H,23,24,26). The van der Waals surface area contributed by atoms with Gasteiger partial charge in [-0.2, -0.15) is 0 Å². The van der Waals surface area contributed by atoms with Crippen LogP contribution in [0.5, 0.6) is 0 Å². The normalized spacial score (nSPS) is 18.7. The Balaban J connectivity index is 1.57. The summed E-state index contributed by atoms with van der Waals surface area (Å²) < 4.78 is 0. The van der Waals surface area contributed by atoms with Crippen LogP contribution in [0.4, 0.5) is 0 Å². The van der Waals surface area contributed by atoms with E-state index in [9.17, 15) is 4.79 Å². The summed E-state index contributed by atoms with van der Waals surface area (Å²) in [7, 11) is 0. The van der Waals surface area contributed by atoms with E-state index in [-0.39, 0.29) is 5.56 Å². The van der Waals surface area contributed by atoms with Gasteiger partial charge in [-0.3, -0.25) is 9.69 Å². The van der Waals surface area contributed by atoms with Gasteiger partial charge in [0.2, 0.25) is 0 Å². The summed E-state index contributed by atoms with van der Waals surface area (Å²) in [6.07, 6.45) is 6.70. The van der Waals surface area contributed by atoms with Crippen LogP contribution in [0.2, 0.25) is 10.0 Å². The van der Waals surface area contributed by atoms with E-state index in [1.54, 1.807) is 0 Å². The molecular weight excluding hydrogens is 369 g/mol. The fourth-order valence-electron chi connectivity index (χ4n) is 4.12. The molecule has 1 aromatic heterocycles. The molecule has 4 nitrogen and oxygen atoms in total. The van der Waals surface area contributed by atoms with Gasteiger partial charge in [0.05, 0.1) is 5.69 Å². The van der Waals surface area contributed by atoms with Gasteiger partial charge in [0, 0.05) is 46.7 Å². The molecule has 26 heavy (non-hydrogen) atoms. The second-order valence-corrected chi connectivity index (χ2v) is 8.19. The molecule has 6 heteroatoms. The Morgan fingerprint density at radius 1 is 1.15 bits per heavy atom. The molecule has 1 aromatic carbocycles. The van der Waals surface area contributed by atoms with Crippen molar-refractivity contribution in [3.63, 3.8) is 0 Å². The first-order valence-electron chi connectivity index (χ1n) is 9.39. The topological polar surface area (TPSA) is 49.0 Å². The van der Waals surface area contributed by atoms with Gasteiger partial charge in [-0.15, -0.1) is 0 Å². The Bertz CT molecular complexity index is 838. The lowest BCUT2D eigenvalue weighted by atomic mass is 9.88. The van der Waals surface area contributed by atoms with Crippen LogP contribution in [0.1, 0.15) is 60.7 Å². The lowest BCUT2D eigenvalue weighted by Crippen LogP contribution is -2.36. The molecule has 1 fully saturated rings. The number of H-pyrrole nitrogens is 1. The zero-order chi connectivity index (χ0) is 18.1. The second-order valence-electron chi connectivity index (χ2n) is 7.37. The van der Waals surface area contributed by atoms with Crippen molar-refractivity contribution in [3.8, 4) is 0 Å². The Labute approximate surface area is 163 Å². The molecule has 0 amide bonds. The number of nitrogens with one attached hydrogen (secondary N) is 1. The van der Waals surface area contributed by atoms with Gasteiger partial charge in [0.1, 0.15) is 5.82 Å². The van der Waals surface area contributed by atoms with Crippen LogP contribution < -0.4 is 5.56 Å². The summed E-state index contributed by atoms with van der Waals surface area (Å²) >= 11 is 12.6. The van der Waals surface area contributed by atoms with Crippen molar-refractivity contribution in [1.82, 2.24) is 14.9 Å². The SMILES string of the molecule is O=c1[nH]c(C2CCCCC2)nc2c1CCN(Cc1c(Cl)cccc1Cl)C2. The molecule has 2 heterocycles. The summed E-state index contributed by atoms with van der Waals surface area (Å²) in [6.45, 7) is 2.15. The third-order valence-corrected chi connectivity index (χ3v) is 6.31. The fraction of sp³-hybridized carbons (Fsp3) is 0.500. The van der Waals surface area contributed by atoms with Crippen LogP contribution >= 0.6 is 23.2 Å². The first-order valence-corrected chi connectivity index (χ1v) is 10.1. The van der Waals surface area contributed by atoms with Crippen molar-refractivity contribution in [1.29, 1.82) is 0 Å². The highest BCUT2D eigenvalue weighted by Gasteiger charge is 2.25. The van der Waals surface area contributed by atoms with Crippen LogP contribution in [0.3, 0.4) is 0 Å². The van der Waals surface area contributed by atoms with Crippen molar-refractivity contribution >= 4 is 23.2 Å². The Hall–Kier alpha value is -1.36. The van der Waals surface area contributed by atoms with Crippen LogP contribution in [0.25, 0.3) is 0 Å². The molecule has 0 atom stereocenters. The van der Waals surface area contributed by atoms with Crippen molar-refractivity contribution in [2.24, 2.45) is 0 Å². The molecule has 2 aliphatic rings. The smallest absolute Gasteiger partial charge is 0.254 e. The maximum Gasteiger partial charge on any atom is 0.254 e. The summed E-state index contributed by atoms with van der Waals surface area (Å²) in [5.41, 5.74) is 2.75. The number of aromatic nitrogens is 2. The minimum Gasteiger partial charge on any atom is -0.310 e. The summed E-state index contributed by atoms with van der Waals surface area (Å²) in [4.78, 5) is 22.7. The number of nitrogens with zero attached hydrogens (tertiary/aromatic N) is 2. The van der Waals surface area contributed by atoms with E-state index in [1.165, 1.54) is 19.3 Å². The van der Waals surface area contributed by atoms with E-state index >= 15 is 0 Å². The Kier molecular flexibility index (Phi) is 5.35. The Morgan fingerprint density at radius 3 is 2.62 bits per heavy atom.